The Hall–Kier alpha value is -2.08. The van der Waals surface area contributed by atoms with Gasteiger partial charge in [-0.2, -0.15) is 0 Å². The number of piperazine rings is 1. The van der Waals surface area contributed by atoms with E-state index in [-0.39, 0.29) is 5.91 Å². The second-order valence-corrected chi connectivity index (χ2v) is 7.45. The van der Waals surface area contributed by atoms with Gasteiger partial charge in [-0.25, -0.2) is 4.79 Å². The Bertz CT molecular complexity index is 578. The number of hydrogen-bond acceptors (Lipinski definition) is 2. The standard InChI is InChI=1S/C20H32N4O2/c1-16(2)18-8-6-17(7-9-18)15-23-11-13-24(14-12-23)19(25)5-3-4-10-22-20(21)26/h6-9,16H,3-5,10-15H2,1-2H3,(H3,21,22,26)/p+1. The highest BCUT2D eigenvalue weighted by Crippen LogP contribution is 2.14. The van der Waals surface area contributed by atoms with Gasteiger partial charge in [0, 0.05) is 18.5 Å². The first-order chi connectivity index (χ1) is 12.5. The third kappa shape index (κ3) is 6.67. The zero-order chi connectivity index (χ0) is 18.9. The van der Waals surface area contributed by atoms with E-state index in [2.05, 4.69) is 43.4 Å². The van der Waals surface area contributed by atoms with Crippen molar-refractivity contribution in [1.82, 2.24) is 10.2 Å². The first kappa shape index (κ1) is 20.2. The summed E-state index contributed by atoms with van der Waals surface area (Å²) in [5, 5.41) is 2.55. The molecular formula is C20H33N4O2+. The van der Waals surface area contributed by atoms with Gasteiger partial charge in [-0.15, -0.1) is 0 Å². The third-order valence-electron chi connectivity index (χ3n) is 5.04. The van der Waals surface area contributed by atoms with Crippen LogP contribution in [0.25, 0.3) is 0 Å². The number of benzene rings is 1. The lowest BCUT2D eigenvalue weighted by Gasteiger charge is -2.32. The maximum atomic E-state index is 12.3. The van der Waals surface area contributed by atoms with E-state index >= 15 is 0 Å². The highest BCUT2D eigenvalue weighted by molar-refractivity contribution is 5.76. The number of nitrogens with zero attached hydrogens (tertiary/aromatic N) is 1. The van der Waals surface area contributed by atoms with Crippen LogP contribution in [0.15, 0.2) is 24.3 Å². The fourth-order valence-corrected chi connectivity index (χ4v) is 3.33. The number of unbranched alkanes of at least 4 members (excludes halogenated alkanes) is 1. The van der Waals surface area contributed by atoms with Crippen LogP contribution in [0.1, 0.15) is 50.2 Å². The van der Waals surface area contributed by atoms with Gasteiger partial charge in [-0.3, -0.25) is 4.79 Å². The molecule has 0 unspecified atom stereocenters. The van der Waals surface area contributed by atoms with Crippen molar-refractivity contribution in [3.05, 3.63) is 35.4 Å². The van der Waals surface area contributed by atoms with Gasteiger partial charge in [0.1, 0.15) is 6.54 Å². The molecule has 0 saturated carbocycles. The zero-order valence-electron chi connectivity index (χ0n) is 16.1. The summed E-state index contributed by atoms with van der Waals surface area (Å²) in [5.74, 6) is 0.793. The van der Waals surface area contributed by atoms with E-state index in [0.29, 0.717) is 18.9 Å². The second kappa shape index (κ2) is 10.2. The summed E-state index contributed by atoms with van der Waals surface area (Å²) in [6, 6.07) is 8.42. The average Bonchev–Trinajstić information content (AvgIpc) is 2.62. The lowest BCUT2D eigenvalue weighted by Crippen LogP contribution is -3.13. The van der Waals surface area contributed by atoms with Crippen molar-refractivity contribution in [2.24, 2.45) is 5.73 Å². The van der Waals surface area contributed by atoms with Crippen molar-refractivity contribution in [3.63, 3.8) is 0 Å². The zero-order valence-corrected chi connectivity index (χ0v) is 16.1. The van der Waals surface area contributed by atoms with Crippen molar-refractivity contribution >= 4 is 11.9 Å². The topological polar surface area (TPSA) is 79.9 Å². The van der Waals surface area contributed by atoms with Gasteiger partial charge in [-0.05, 0) is 24.3 Å². The molecule has 3 amide bonds. The maximum Gasteiger partial charge on any atom is 0.312 e. The highest BCUT2D eigenvalue weighted by Gasteiger charge is 2.23. The summed E-state index contributed by atoms with van der Waals surface area (Å²) < 4.78 is 0. The number of hydrogen-bond donors (Lipinski definition) is 3. The lowest BCUT2D eigenvalue weighted by molar-refractivity contribution is -0.917. The minimum absolute atomic E-state index is 0.226. The molecule has 0 bridgehead atoms. The van der Waals surface area contributed by atoms with Gasteiger partial charge in [0.05, 0.1) is 26.2 Å². The first-order valence-corrected chi connectivity index (χ1v) is 9.69. The van der Waals surface area contributed by atoms with Gasteiger partial charge in [-0.1, -0.05) is 38.1 Å². The van der Waals surface area contributed by atoms with Crippen molar-refractivity contribution in [3.8, 4) is 0 Å². The largest absolute Gasteiger partial charge is 0.352 e. The normalized spacial score (nSPS) is 15.3. The number of nitrogens with one attached hydrogen (secondary N) is 2. The molecule has 1 saturated heterocycles. The number of primary amides is 1. The smallest absolute Gasteiger partial charge is 0.312 e. The first-order valence-electron chi connectivity index (χ1n) is 9.69. The Morgan fingerprint density at radius 2 is 1.81 bits per heavy atom. The van der Waals surface area contributed by atoms with E-state index in [4.69, 9.17) is 5.73 Å². The van der Waals surface area contributed by atoms with E-state index in [1.807, 2.05) is 4.90 Å². The van der Waals surface area contributed by atoms with E-state index in [1.54, 1.807) is 0 Å². The fraction of sp³-hybridized carbons (Fsp3) is 0.600. The molecule has 26 heavy (non-hydrogen) atoms. The van der Waals surface area contributed by atoms with Gasteiger partial charge < -0.3 is 20.9 Å². The summed E-state index contributed by atoms with van der Waals surface area (Å²) in [6.07, 6.45) is 2.12. The van der Waals surface area contributed by atoms with Crippen LogP contribution < -0.4 is 16.0 Å². The van der Waals surface area contributed by atoms with E-state index in [0.717, 1.165) is 45.6 Å². The molecule has 0 atom stereocenters. The van der Waals surface area contributed by atoms with E-state index in [9.17, 15) is 9.59 Å². The van der Waals surface area contributed by atoms with Crippen molar-refractivity contribution in [2.75, 3.05) is 32.7 Å². The maximum absolute atomic E-state index is 12.3. The third-order valence-corrected chi connectivity index (χ3v) is 5.04. The molecule has 1 aromatic carbocycles. The molecule has 144 valence electrons. The molecule has 0 aromatic heterocycles. The molecular weight excluding hydrogens is 328 g/mol. The summed E-state index contributed by atoms with van der Waals surface area (Å²) in [6.45, 7) is 9.65. The second-order valence-electron chi connectivity index (χ2n) is 7.45. The predicted molar refractivity (Wildman–Crippen MR) is 103 cm³/mol. The molecule has 0 radical (unpaired) electrons. The number of carbonyl (C=O) groups is 2. The van der Waals surface area contributed by atoms with Gasteiger partial charge in [0.15, 0.2) is 0 Å². The van der Waals surface area contributed by atoms with Crippen LogP contribution in [0, 0.1) is 0 Å². The molecule has 4 N–H and O–H groups in total. The molecule has 1 aliphatic rings. The Morgan fingerprint density at radius 1 is 1.15 bits per heavy atom. The van der Waals surface area contributed by atoms with Crippen LogP contribution in [0.2, 0.25) is 0 Å². The molecule has 1 aliphatic heterocycles. The van der Waals surface area contributed by atoms with Crippen molar-refractivity contribution in [2.45, 2.75) is 45.6 Å². The Kier molecular flexibility index (Phi) is 7.91. The SMILES string of the molecule is CC(C)c1ccc(C[NH+]2CCN(C(=O)CCCCNC(N)=O)CC2)cc1. The number of nitrogens with two attached hydrogens (primary N) is 1. The monoisotopic (exact) mass is 361 g/mol. The van der Waals surface area contributed by atoms with Gasteiger partial charge in [0.2, 0.25) is 5.91 Å². The number of urea groups is 1. The number of carbonyl (C=O) groups excluding carboxylic acids is 2. The summed E-state index contributed by atoms with van der Waals surface area (Å²) >= 11 is 0. The van der Waals surface area contributed by atoms with Gasteiger partial charge >= 0.3 is 6.03 Å². The minimum Gasteiger partial charge on any atom is -0.352 e. The van der Waals surface area contributed by atoms with Gasteiger partial charge in [0.25, 0.3) is 0 Å². The molecule has 6 nitrogen and oxygen atoms in total. The highest BCUT2D eigenvalue weighted by atomic mass is 16.2. The molecule has 1 fully saturated rings. The molecule has 1 heterocycles. The summed E-state index contributed by atoms with van der Waals surface area (Å²) in [5.41, 5.74) is 7.76. The Labute approximate surface area is 156 Å². The number of quaternary nitrogens is 1. The summed E-state index contributed by atoms with van der Waals surface area (Å²) in [4.78, 5) is 26.4. The number of rotatable bonds is 8. The van der Waals surface area contributed by atoms with E-state index < -0.39 is 6.03 Å². The fourth-order valence-electron chi connectivity index (χ4n) is 3.33. The minimum atomic E-state index is -0.505. The lowest BCUT2D eigenvalue weighted by atomic mass is 10.0. The predicted octanol–water partition coefficient (Wildman–Crippen LogP) is 0.876. The van der Waals surface area contributed by atoms with Crippen LogP contribution >= 0.6 is 0 Å². The Morgan fingerprint density at radius 3 is 2.38 bits per heavy atom. The average molecular weight is 362 g/mol. The molecule has 6 heteroatoms. The van der Waals surface area contributed by atoms with Crippen LogP contribution in [0.5, 0.6) is 0 Å². The molecule has 1 aromatic rings. The Balaban J connectivity index is 1.66. The van der Waals surface area contributed by atoms with Crippen molar-refractivity contribution in [1.29, 1.82) is 0 Å². The van der Waals surface area contributed by atoms with Crippen LogP contribution in [0.4, 0.5) is 4.79 Å². The molecule has 2 rings (SSSR count). The van der Waals surface area contributed by atoms with Crippen LogP contribution in [-0.4, -0.2) is 49.6 Å². The van der Waals surface area contributed by atoms with E-state index in [1.165, 1.54) is 16.0 Å². The van der Waals surface area contributed by atoms with Crippen molar-refractivity contribution < 1.29 is 14.5 Å². The van der Waals surface area contributed by atoms with Crippen LogP contribution in [-0.2, 0) is 11.3 Å². The quantitative estimate of drug-likeness (QED) is 0.601. The molecule has 0 aliphatic carbocycles. The number of amides is 3. The molecule has 0 spiro atoms. The summed E-state index contributed by atoms with van der Waals surface area (Å²) in [7, 11) is 0. The van der Waals surface area contributed by atoms with Crippen LogP contribution in [0.3, 0.4) is 0 Å².